The number of ether oxygens (including phenoxy) is 3. The van der Waals surface area contributed by atoms with Gasteiger partial charge in [-0.3, -0.25) is 9.59 Å². The van der Waals surface area contributed by atoms with E-state index in [1.54, 1.807) is 0 Å². The van der Waals surface area contributed by atoms with Crippen molar-refractivity contribution in [3.05, 3.63) is 0 Å². The van der Waals surface area contributed by atoms with Crippen LogP contribution in [0.15, 0.2) is 0 Å². The van der Waals surface area contributed by atoms with Crippen LogP contribution in [0.1, 0.15) is 213 Å². The van der Waals surface area contributed by atoms with Crippen LogP contribution < -0.4 is 0 Å². The molecular formula is C45H94N2O7. The van der Waals surface area contributed by atoms with Gasteiger partial charge in [-0.2, -0.15) is 0 Å². The fraction of sp³-hybridized carbons (Fsp3) is 0.956. The molecule has 0 aromatic carbocycles. The summed E-state index contributed by atoms with van der Waals surface area (Å²) in [5.41, 5.74) is 0. The number of esters is 1. The van der Waals surface area contributed by atoms with Gasteiger partial charge < -0.3 is 34.2 Å². The SMILES string of the molecule is CCCCCCCCCCCCCCO.CCCCCCCCCCCCCCO[C@H](OC(=O)CCCN(C)C)OC(CC)CCCCN(C)C.O=CO. The molecule has 0 spiro atoms. The van der Waals surface area contributed by atoms with Gasteiger partial charge in [-0.1, -0.05) is 162 Å². The van der Waals surface area contributed by atoms with Gasteiger partial charge in [-0.05, 0) is 86.2 Å². The molecule has 0 saturated carbocycles. The van der Waals surface area contributed by atoms with Crippen LogP contribution in [0, 0.1) is 0 Å². The summed E-state index contributed by atoms with van der Waals surface area (Å²) in [5.74, 6) is -0.237. The Morgan fingerprint density at radius 2 is 0.963 bits per heavy atom. The van der Waals surface area contributed by atoms with E-state index < -0.39 is 6.48 Å². The van der Waals surface area contributed by atoms with E-state index in [0.29, 0.717) is 19.6 Å². The van der Waals surface area contributed by atoms with Crippen LogP contribution in [-0.2, 0) is 23.8 Å². The number of carboxylic acid groups (broad SMARTS) is 1. The van der Waals surface area contributed by atoms with Gasteiger partial charge in [-0.25, -0.2) is 0 Å². The number of unbranched alkanes of at least 4 members (excludes halogenated alkanes) is 23. The summed E-state index contributed by atoms with van der Waals surface area (Å²) in [6.07, 6.45) is 37.3. The van der Waals surface area contributed by atoms with Crippen molar-refractivity contribution in [1.29, 1.82) is 0 Å². The van der Waals surface area contributed by atoms with Crippen molar-refractivity contribution in [2.45, 2.75) is 226 Å². The molecule has 0 aromatic rings. The van der Waals surface area contributed by atoms with Crippen LogP contribution >= 0.6 is 0 Å². The molecule has 0 saturated heterocycles. The monoisotopic (exact) mass is 775 g/mol. The molecule has 326 valence electrons. The number of nitrogens with zero attached hydrogens (tertiary/aromatic N) is 2. The minimum absolute atomic E-state index is 0.0497. The number of aliphatic hydroxyl groups excluding tert-OH is 1. The second-order valence-corrected chi connectivity index (χ2v) is 15.6. The van der Waals surface area contributed by atoms with E-state index in [-0.39, 0.29) is 18.5 Å². The van der Waals surface area contributed by atoms with Gasteiger partial charge >= 0.3 is 12.4 Å². The van der Waals surface area contributed by atoms with E-state index in [9.17, 15) is 4.79 Å². The van der Waals surface area contributed by atoms with Crippen molar-refractivity contribution < 1.29 is 34.0 Å². The summed E-state index contributed by atoms with van der Waals surface area (Å²) < 4.78 is 17.7. The highest BCUT2D eigenvalue weighted by Crippen LogP contribution is 2.16. The Balaban J connectivity index is -0.00000119. The number of aliphatic hydroxyl groups is 1. The predicted molar refractivity (Wildman–Crippen MR) is 229 cm³/mol. The maximum absolute atomic E-state index is 12.4. The topological polar surface area (TPSA) is 109 Å². The van der Waals surface area contributed by atoms with Crippen molar-refractivity contribution in [2.24, 2.45) is 0 Å². The summed E-state index contributed by atoms with van der Waals surface area (Å²) in [7, 11) is 8.22. The van der Waals surface area contributed by atoms with Gasteiger partial charge in [0.05, 0.1) is 12.7 Å². The lowest BCUT2D eigenvalue weighted by Crippen LogP contribution is -2.30. The summed E-state index contributed by atoms with van der Waals surface area (Å²) in [4.78, 5) is 25.0. The first-order valence-electron chi connectivity index (χ1n) is 22.7. The Morgan fingerprint density at radius 3 is 1.35 bits per heavy atom. The molecule has 0 radical (unpaired) electrons. The molecule has 0 aliphatic rings. The average molecular weight is 775 g/mol. The van der Waals surface area contributed by atoms with Crippen molar-refractivity contribution in [2.75, 3.05) is 54.5 Å². The second-order valence-electron chi connectivity index (χ2n) is 15.6. The van der Waals surface area contributed by atoms with E-state index in [2.05, 4.69) is 44.7 Å². The first-order valence-corrected chi connectivity index (χ1v) is 22.7. The number of carbonyl (C=O) groups is 2. The fourth-order valence-electron chi connectivity index (χ4n) is 6.21. The third kappa shape index (κ3) is 52.8. The highest BCUT2D eigenvalue weighted by molar-refractivity contribution is 5.69. The number of hydrogen-bond acceptors (Lipinski definition) is 8. The van der Waals surface area contributed by atoms with Gasteiger partial charge in [0, 0.05) is 13.0 Å². The molecule has 0 aliphatic heterocycles. The Morgan fingerprint density at radius 1 is 0.574 bits per heavy atom. The Labute approximate surface area is 336 Å². The molecule has 0 bridgehead atoms. The average Bonchev–Trinajstić information content (AvgIpc) is 3.14. The molecule has 2 atom stereocenters. The van der Waals surface area contributed by atoms with Crippen molar-refractivity contribution in [3.63, 3.8) is 0 Å². The first kappa shape index (κ1) is 57.1. The van der Waals surface area contributed by atoms with Crippen LogP contribution in [0.4, 0.5) is 0 Å². The lowest BCUT2D eigenvalue weighted by atomic mass is 10.1. The molecule has 0 aromatic heterocycles. The van der Waals surface area contributed by atoms with Crippen LogP contribution in [0.25, 0.3) is 0 Å². The fourth-order valence-corrected chi connectivity index (χ4v) is 6.21. The quantitative estimate of drug-likeness (QED) is 0.0273. The van der Waals surface area contributed by atoms with E-state index >= 15 is 0 Å². The third-order valence-electron chi connectivity index (χ3n) is 9.62. The van der Waals surface area contributed by atoms with Gasteiger partial charge in [-0.15, -0.1) is 0 Å². The zero-order chi connectivity index (χ0) is 40.8. The number of carbonyl (C=O) groups excluding carboxylic acids is 1. The van der Waals surface area contributed by atoms with Gasteiger partial charge in [0.2, 0.25) is 0 Å². The third-order valence-corrected chi connectivity index (χ3v) is 9.62. The molecule has 1 unspecified atom stereocenters. The normalized spacial score (nSPS) is 12.2. The maximum Gasteiger partial charge on any atom is 0.318 e. The zero-order valence-corrected chi connectivity index (χ0v) is 37.1. The standard InChI is InChI=1S/C30H62N2O4.C14H30O.CH2O2/c1-7-9-10-11-12-13-14-15-16-17-18-21-27-34-30(36-29(33)24-22-26-32(5)6)35-28(8-2)23-19-20-25-31(3)4;1-2-3-4-5-6-7-8-9-10-11-12-13-14-15;2-1-3/h28,30H,7-27H2,1-6H3;15H,2-14H2,1H3;1H,(H,2,3)/t28?,30-;;/m0../s1. The van der Waals surface area contributed by atoms with E-state index in [4.69, 9.17) is 29.2 Å². The van der Waals surface area contributed by atoms with Crippen LogP contribution in [0.5, 0.6) is 0 Å². The van der Waals surface area contributed by atoms with E-state index in [1.165, 1.54) is 135 Å². The lowest BCUT2D eigenvalue weighted by Gasteiger charge is -2.24. The molecule has 0 fully saturated rings. The van der Waals surface area contributed by atoms with Gasteiger partial charge in [0.1, 0.15) is 0 Å². The van der Waals surface area contributed by atoms with Gasteiger partial charge in [0.15, 0.2) is 0 Å². The summed E-state index contributed by atoms with van der Waals surface area (Å²) in [5, 5.41) is 15.5. The van der Waals surface area contributed by atoms with E-state index in [1.807, 2.05) is 14.1 Å². The molecule has 54 heavy (non-hydrogen) atoms. The van der Waals surface area contributed by atoms with Crippen molar-refractivity contribution >= 4 is 12.4 Å². The second kappa shape index (κ2) is 49.8. The molecule has 9 heteroatoms. The first-order chi connectivity index (χ1) is 26.2. The molecule has 2 N–H and O–H groups in total. The highest BCUT2D eigenvalue weighted by Gasteiger charge is 2.20. The summed E-state index contributed by atoms with van der Waals surface area (Å²) in [6.45, 7) is 8.42. The summed E-state index contributed by atoms with van der Waals surface area (Å²) in [6, 6.07) is 0. The van der Waals surface area contributed by atoms with Crippen molar-refractivity contribution in [1.82, 2.24) is 9.80 Å². The maximum atomic E-state index is 12.4. The van der Waals surface area contributed by atoms with Crippen LogP contribution in [-0.4, -0.2) is 99.5 Å². The minimum Gasteiger partial charge on any atom is -0.483 e. The van der Waals surface area contributed by atoms with Crippen LogP contribution in [0.2, 0.25) is 0 Å². The number of rotatable bonds is 39. The largest absolute Gasteiger partial charge is 0.483 e. The minimum atomic E-state index is -0.886. The predicted octanol–water partition coefficient (Wildman–Crippen LogP) is 11.8. The Kier molecular flexibility index (Phi) is 52.6. The molecule has 0 heterocycles. The summed E-state index contributed by atoms with van der Waals surface area (Å²) >= 11 is 0. The smallest absolute Gasteiger partial charge is 0.318 e. The molecule has 9 nitrogen and oxygen atoms in total. The Hall–Kier alpha value is -1.26. The molecular weight excluding hydrogens is 681 g/mol. The highest BCUT2D eigenvalue weighted by atomic mass is 16.9. The Bertz CT molecular complexity index is 700. The molecule has 0 amide bonds. The van der Waals surface area contributed by atoms with Crippen LogP contribution in [0.3, 0.4) is 0 Å². The molecule has 0 rings (SSSR count). The van der Waals surface area contributed by atoms with Gasteiger partial charge in [0.25, 0.3) is 6.47 Å². The number of hydrogen-bond donors (Lipinski definition) is 2. The molecule has 0 aliphatic carbocycles. The lowest BCUT2D eigenvalue weighted by molar-refractivity contribution is -0.292. The zero-order valence-electron chi connectivity index (χ0n) is 37.1. The van der Waals surface area contributed by atoms with Crippen molar-refractivity contribution in [3.8, 4) is 0 Å². The van der Waals surface area contributed by atoms with E-state index in [0.717, 1.165) is 64.5 Å².